The first kappa shape index (κ1) is 24.7. The number of carbonyl (C=O) groups excluding carboxylic acids is 1. The molecule has 0 spiro atoms. The number of hydrogen-bond acceptors (Lipinski definition) is 4. The van der Waals surface area contributed by atoms with E-state index in [1.54, 1.807) is 29.5 Å². The predicted molar refractivity (Wildman–Crippen MR) is 143 cm³/mol. The van der Waals surface area contributed by atoms with Crippen LogP contribution in [0.5, 0.6) is 0 Å². The van der Waals surface area contributed by atoms with Gasteiger partial charge in [-0.1, -0.05) is 30.7 Å². The van der Waals surface area contributed by atoms with E-state index in [-0.39, 0.29) is 10.8 Å². The lowest BCUT2D eigenvalue weighted by Gasteiger charge is -2.26. The third-order valence-electron chi connectivity index (χ3n) is 6.77. The van der Waals surface area contributed by atoms with Crippen molar-refractivity contribution >= 4 is 43.8 Å². The molecule has 0 unspecified atom stereocenters. The summed E-state index contributed by atoms with van der Waals surface area (Å²) in [4.78, 5) is 18.0. The van der Waals surface area contributed by atoms with Gasteiger partial charge in [0.05, 0.1) is 4.90 Å². The molecule has 36 heavy (non-hydrogen) atoms. The number of piperidine rings is 1. The Balaban J connectivity index is 1.45. The molecule has 1 aliphatic carbocycles. The summed E-state index contributed by atoms with van der Waals surface area (Å²) in [6.45, 7) is 1.04. The molecule has 1 saturated heterocycles. The zero-order chi connectivity index (χ0) is 25.1. The third-order valence-corrected chi connectivity index (χ3v) is 9.87. The first-order valence-electron chi connectivity index (χ1n) is 12.4. The van der Waals surface area contributed by atoms with Crippen LogP contribution in [0.1, 0.15) is 58.5 Å². The number of nitrogens with two attached hydrogens (primary N) is 1. The maximum atomic E-state index is 13.3. The van der Waals surface area contributed by atoms with Crippen molar-refractivity contribution in [3.63, 3.8) is 0 Å². The average Bonchev–Trinajstić information content (AvgIpc) is 3.27. The molecule has 0 radical (unpaired) electrons. The van der Waals surface area contributed by atoms with Gasteiger partial charge in [-0.25, -0.2) is 13.4 Å². The number of thiophene rings is 1. The first-order chi connectivity index (χ1) is 17.4. The number of hydrogen-bond donors (Lipinski definition) is 3. The second-order valence-electron chi connectivity index (χ2n) is 9.27. The summed E-state index contributed by atoms with van der Waals surface area (Å²) in [6, 6.07) is 16.0. The summed E-state index contributed by atoms with van der Waals surface area (Å²) in [5.41, 5.74) is 9.75. The van der Waals surface area contributed by atoms with Crippen molar-refractivity contribution < 1.29 is 18.2 Å². The van der Waals surface area contributed by atoms with Crippen LogP contribution >= 0.6 is 11.3 Å². The summed E-state index contributed by atoms with van der Waals surface area (Å²) in [5.74, 6) is 0.148. The zero-order valence-corrected chi connectivity index (χ0v) is 21.8. The van der Waals surface area contributed by atoms with Gasteiger partial charge in [0.25, 0.3) is 11.7 Å². The molecule has 5 rings (SSSR count). The predicted octanol–water partition coefficient (Wildman–Crippen LogP) is 3.17. The number of nitrogen functional groups attached to an aromatic ring is 1. The van der Waals surface area contributed by atoms with Crippen molar-refractivity contribution in [2.24, 2.45) is 5.73 Å². The van der Waals surface area contributed by atoms with Crippen molar-refractivity contribution in [1.82, 2.24) is 4.31 Å². The quantitative estimate of drug-likeness (QED) is 0.341. The molecule has 2 heterocycles. The normalized spacial score (nSPS) is 16.9. The second-order valence-corrected chi connectivity index (χ2v) is 12.3. The van der Waals surface area contributed by atoms with Gasteiger partial charge in [-0.05, 0) is 74.4 Å². The van der Waals surface area contributed by atoms with E-state index >= 15 is 0 Å². The van der Waals surface area contributed by atoms with Crippen molar-refractivity contribution in [1.29, 1.82) is 0 Å². The van der Waals surface area contributed by atoms with Gasteiger partial charge in [0.15, 0.2) is 0 Å². The van der Waals surface area contributed by atoms with Crippen LogP contribution in [0.2, 0.25) is 0 Å². The summed E-state index contributed by atoms with van der Waals surface area (Å²) >= 11 is 1.56. The lowest BCUT2D eigenvalue weighted by atomic mass is 9.95. The van der Waals surface area contributed by atoms with Crippen LogP contribution in [0.25, 0.3) is 0 Å². The van der Waals surface area contributed by atoms with Crippen LogP contribution in [0.15, 0.2) is 59.5 Å². The van der Waals surface area contributed by atoms with Gasteiger partial charge in [0, 0.05) is 23.5 Å². The molecule has 1 aliphatic heterocycles. The Hall–Kier alpha value is -3.01. The molecule has 1 amide bonds. The maximum absolute atomic E-state index is 13.3. The van der Waals surface area contributed by atoms with Crippen molar-refractivity contribution in [3.8, 4) is 0 Å². The number of sulfonamides is 1. The fourth-order valence-electron chi connectivity index (χ4n) is 4.91. The summed E-state index contributed by atoms with van der Waals surface area (Å²) in [5, 5.41) is 3.73. The molecule has 0 atom stereocenters. The van der Waals surface area contributed by atoms with E-state index < -0.39 is 10.0 Å². The van der Waals surface area contributed by atoms with E-state index in [1.807, 2.05) is 30.3 Å². The molecule has 2 aliphatic rings. The molecular weight excluding hydrogens is 492 g/mol. The summed E-state index contributed by atoms with van der Waals surface area (Å²) < 4.78 is 27.8. The number of amides is 1. The first-order valence-corrected chi connectivity index (χ1v) is 14.7. The van der Waals surface area contributed by atoms with Crippen LogP contribution in [0.3, 0.4) is 0 Å². The molecule has 4 N–H and O–H groups in total. The minimum Gasteiger partial charge on any atom is -0.313 e. The molecule has 0 saturated carbocycles. The fraction of sp³-hybridized carbons (Fsp3) is 0.333. The third kappa shape index (κ3) is 5.09. The number of nitrogens with zero attached hydrogens (tertiary/aromatic N) is 1. The molecule has 7 nitrogen and oxygen atoms in total. The molecule has 1 aromatic heterocycles. The topological polar surface area (TPSA) is 106 Å². The number of anilines is 1. The molecule has 9 heteroatoms. The number of para-hydroxylation sites is 1. The van der Waals surface area contributed by atoms with E-state index in [9.17, 15) is 13.2 Å². The lowest BCUT2D eigenvalue weighted by molar-refractivity contribution is -0.354. The highest BCUT2D eigenvalue weighted by molar-refractivity contribution is 7.89. The maximum Gasteiger partial charge on any atom is 0.281 e. The number of aryl methyl sites for hydroxylation is 1. The fourth-order valence-corrected chi connectivity index (χ4v) is 7.77. The minimum absolute atomic E-state index is 0.152. The lowest BCUT2D eigenvalue weighted by Crippen LogP contribution is -2.69. The second kappa shape index (κ2) is 10.5. The van der Waals surface area contributed by atoms with Crippen LogP contribution in [-0.2, 0) is 22.9 Å². The Bertz CT molecular complexity index is 1390. The molecule has 3 aromatic rings. The molecule has 188 valence electrons. The minimum atomic E-state index is -3.63. The van der Waals surface area contributed by atoms with E-state index in [0.717, 1.165) is 56.2 Å². The largest absolute Gasteiger partial charge is 0.313 e. The number of amidine groups is 1. The summed E-state index contributed by atoms with van der Waals surface area (Å²) in [7, 11) is -3.63. The highest BCUT2D eigenvalue weighted by atomic mass is 32.2. The van der Waals surface area contributed by atoms with Gasteiger partial charge >= 0.3 is 0 Å². The highest BCUT2D eigenvalue weighted by Gasteiger charge is 2.29. The Labute approximate surface area is 216 Å². The zero-order valence-electron chi connectivity index (χ0n) is 20.1. The van der Waals surface area contributed by atoms with Gasteiger partial charge in [-0.2, -0.15) is 4.31 Å². The standard InChI is InChI=1S/C27H30N4O3S2/c28-25(29-20-11-3-1-4-12-20)24-22-14-5-6-15-23(22)35-27(24)30-26(32)19-10-9-13-21(18-19)36(33,34)31-16-7-2-8-17-31/h1,3-4,9-13,18H,2,5-8,14-17H2,(H2,28,29)(H,30,32)/p+1. The smallest absolute Gasteiger partial charge is 0.281 e. The molecule has 1 fully saturated rings. The van der Waals surface area contributed by atoms with Crippen LogP contribution < -0.4 is 16.0 Å². The number of benzene rings is 2. The van der Waals surface area contributed by atoms with Gasteiger partial charge < -0.3 is 5.32 Å². The monoisotopic (exact) mass is 523 g/mol. The molecule has 2 aromatic carbocycles. The van der Waals surface area contributed by atoms with E-state index in [1.165, 1.54) is 20.8 Å². The Morgan fingerprint density at radius 1 is 0.944 bits per heavy atom. The SMILES string of the molecule is NC(=[NH+]c1ccccc1)c1c(NC(=O)c2cccc(S(=O)(=O)N3CCCCC3)c2)sc2c1CCCC2. The van der Waals surface area contributed by atoms with Crippen molar-refractivity contribution in [2.75, 3.05) is 18.4 Å². The van der Waals surface area contributed by atoms with Gasteiger partial charge in [-0.3, -0.25) is 10.5 Å². The van der Waals surface area contributed by atoms with Crippen LogP contribution in [0, 0.1) is 0 Å². The average molecular weight is 524 g/mol. The van der Waals surface area contributed by atoms with Crippen LogP contribution in [-0.4, -0.2) is 37.6 Å². The Morgan fingerprint density at radius 2 is 1.69 bits per heavy atom. The number of fused-ring (bicyclic) bond motifs is 1. The van der Waals surface area contributed by atoms with E-state index in [0.29, 0.717) is 29.5 Å². The number of rotatable bonds is 6. The Morgan fingerprint density at radius 3 is 2.47 bits per heavy atom. The van der Waals surface area contributed by atoms with Crippen molar-refractivity contribution in [3.05, 3.63) is 76.2 Å². The Kier molecular flexibility index (Phi) is 7.22. The number of nitrogens with one attached hydrogen (secondary N) is 2. The van der Waals surface area contributed by atoms with Gasteiger partial charge in [-0.15, -0.1) is 11.3 Å². The van der Waals surface area contributed by atoms with Gasteiger partial charge in [0.2, 0.25) is 10.0 Å². The number of carbonyl (C=O) groups is 1. The highest BCUT2D eigenvalue weighted by Crippen LogP contribution is 2.38. The molecular formula is C27H31N4O3S2+. The van der Waals surface area contributed by atoms with E-state index in [2.05, 4.69) is 10.3 Å². The van der Waals surface area contributed by atoms with Gasteiger partial charge in [0.1, 0.15) is 16.3 Å². The van der Waals surface area contributed by atoms with E-state index in [4.69, 9.17) is 5.73 Å². The van der Waals surface area contributed by atoms with Crippen LogP contribution in [0.4, 0.5) is 10.7 Å². The van der Waals surface area contributed by atoms with Crippen molar-refractivity contribution in [2.45, 2.75) is 49.8 Å². The summed E-state index contributed by atoms with van der Waals surface area (Å²) in [6.07, 6.45) is 6.84. The molecule has 0 bridgehead atoms.